The second-order valence-corrected chi connectivity index (χ2v) is 7.71. The molecule has 0 radical (unpaired) electrons. The SMILES string of the molecule is COc1ccccc1-c1ccc(=O)n(C2CN(C(=O)c3noc4c3CCCC4)C2)n1. The van der Waals surface area contributed by atoms with Crippen LogP contribution in [0.15, 0.2) is 45.7 Å². The van der Waals surface area contributed by atoms with Crippen molar-refractivity contribution >= 4 is 5.91 Å². The zero-order valence-electron chi connectivity index (χ0n) is 16.7. The third kappa shape index (κ3) is 3.08. The fraction of sp³-hybridized carbons (Fsp3) is 0.364. The van der Waals surface area contributed by atoms with Crippen LogP contribution in [0.2, 0.25) is 0 Å². The molecule has 1 aliphatic heterocycles. The molecule has 0 saturated carbocycles. The molecule has 0 N–H and O–H groups in total. The van der Waals surface area contributed by atoms with E-state index < -0.39 is 0 Å². The number of hydrogen-bond donors (Lipinski definition) is 0. The fourth-order valence-corrected chi connectivity index (χ4v) is 4.17. The molecule has 0 unspecified atom stereocenters. The first-order chi connectivity index (χ1) is 14.7. The van der Waals surface area contributed by atoms with Crippen LogP contribution >= 0.6 is 0 Å². The summed E-state index contributed by atoms with van der Waals surface area (Å²) in [7, 11) is 1.60. The molecule has 154 valence electrons. The number of hydrogen-bond acceptors (Lipinski definition) is 6. The molecule has 1 aromatic carbocycles. The Morgan fingerprint density at radius 2 is 1.93 bits per heavy atom. The predicted molar refractivity (Wildman–Crippen MR) is 109 cm³/mol. The van der Waals surface area contributed by atoms with E-state index in [0.717, 1.165) is 42.6 Å². The van der Waals surface area contributed by atoms with Gasteiger partial charge in [-0.25, -0.2) is 4.68 Å². The third-order valence-corrected chi connectivity index (χ3v) is 5.86. The highest BCUT2D eigenvalue weighted by Gasteiger charge is 2.37. The number of methoxy groups -OCH3 is 1. The first-order valence-corrected chi connectivity index (χ1v) is 10.2. The van der Waals surface area contributed by atoms with Crippen LogP contribution in [-0.4, -0.2) is 45.9 Å². The lowest BCUT2D eigenvalue weighted by Gasteiger charge is -2.39. The van der Waals surface area contributed by atoms with Crippen LogP contribution in [-0.2, 0) is 12.8 Å². The lowest BCUT2D eigenvalue weighted by atomic mass is 9.95. The zero-order valence-corrected chi connectivity index (χ0v) is 16.7. The van der Waals surface area contributed by atoms with Gasteiger partial charge in [-0.2, -0.15) is 5.10 Å². The number of benzene rings is 1. The number of rotatable bonds is 4. The molecule has 3 heterocycles. The number of aryl methyl sites for hydroxylation is 1. The van der Waals surface area contributed by atoms with Gasteiger partial charge in [0.15, 0.2) is 5.69 Å². The van der Waals surface area contributed by atoms with E-state index in [-0.39, 0.29) is 17.5 Å². The highest BCUT2D eigenvalue weighted by molar-refractivity contribution is 5.94. The minimum atomic E-state index is -0.190. The molecular weight excluding hydrogens is 384 g/mol. The predicted octanol–water partition coefficient (Wildman–Crippen LogP) is 2.48. The largest absolute Gasteiger partial charge is 0.496 e. The topological polar surface area (TPSA) is 90.5 Å². The maximum atomic E-state index is 12.9. The van der Waals surface area contributed by atoms with Crippen molar-refractivity contribution < 1.29 is 14.1 Å². The first-order valence-electron chi connectivity index (χ1n) is 10.2. The number of fused-ring (bicyclic) bond motifs is 1. The van der Waals surface area contributed by atoms with Crippen LogP contribution in [0.25, 0.3) is 11.3 Å². The van der Waals surface area contributed by atoms with Crippen molar-refractivity contribution in [2.75, 3.05) is 20.2 Å². The number of carbonyl (C=O) groups is 1. The van der Waals surface area contributed by atoms with Crippen LogP contribution in [0.3, 0.4) is 0 Å². The highest BCUT2D eigenvalue weighted by Crippen LogP contribution is 2.30. The zero-order chi connectivity index (χ0) is 20.7. The van der Waals surface area contributed by atoms with E-state index in [9.17, 15) is 9.59 Å². The van der Waals surface area contributed by atoms with Gasteiger partial charge in [0, 0.05) is 36.7 Å². The smallest absolute Gasteiger partial charge is 0.276 e. The minimum Gasteiger partial charge on any atom is -0.496 e. The molecule has 30 heavy (non-hydrogen) atoms. The summed E-state index contributed by atoms with van der Waals surface area (Å²) in [4.78, 5) is 27.0. The number of ether oxygens (including phenoxy) is 1. The van der Waals surface area contributed by atoms with E-state index in [2.05, 4.69) is 10.3 Å². The van der Waals surface area contributed by atoms with Crippen molar-refractivity contribution in [3.05, 3.63) is 63.8 Å². The second kappa shape index (κ2) is 7.44. The summed E-state index contributed by atoms with van der Waals surface area (Å²) in [6.45, 7) is 0.839. The molecule has 0 spiro atoms. The molecule has 0 bridgehead atoms. The minimum absolute atomic E-state index is 0.132. The number of para-hydroxylation sites is 1. The Hall–Kier alpha value is -3.42. The molecule has 5 rings (SSSR count). The summed E-state index contributed by atoms with van der Waals surface area (Å²) in [5.74, 6) is 1.40. The molecule has 1 amide bonds. The second-order valence-electron chi connectivity index (χ2n) is 7.71. The van der Waals surface area contributed by atoms with E-state index in [1.54, 1.807) is 18.1 Å². The Balaban J connectivity index is 1.35. The van der Waals surface area contributed by atoms with E-state index in [4.69, 9.17) is 9.26 Å². The van der Waals surface area contributed by atoms with E-state index in [1.165, 1.54) is 10.7 Å². The normalized spacial score (nSPS) is 16.1. The maximum absolute atomic E-state index is 12.9. The van der Waals surface area contributed by atoms with Gasteiger partial charge in [-0.05, 0) is 37.5 Å². The summed E-state index contributed by atoms with van der Waals surface area (Å²) in [5, 5.41) is 8.58. The lowest BCUT2D eigenvalue weighted by Crippen LogP contribution is -2.53. The molecule has 1 saturated heterocycles. The summed E-state index contributed by atoms with van der Waals surface area (Å²) in [5.41, 5.74) is 2.65. The van der Waals surface area contributed by atoms with Gasteiger partial charge in [0.1, 0.15) is 11.5 Å². The van der Waals surface area contributed by atoms with Gasteiger partial charge in [-0.3, -0.25) is 9.59 Å². The van der Waals surface area contributed by atoms with E-state index in [1.807, 2.05) is 24.3 Å². The molecule has 2 aromatic heterocycles. The maximum Gasteiger partial charge on any atom is 0.276 e. The van der Waals surface area contributed by atoms with Gasteiger partial charge >= 0.3 is 0 Å². The van der Waals surface area contributed by atoms with Crippen molar-refractivity contribution in [2.24, 2.45) is 0 Å². The average molecular weight is 406 g/mol. The molecule has 3 aromatic rings. The van der Waals surface area contributed by atoms with Crippen LogP contribution in [0, 0.1) is 0 Å². The summed E-state index contributed by atoms with van der Waals surface area (Å²) in [6, 6.07) is 10.6. The van der Waals surface area contributed by atoms with Crippen LogP contribution in [0.5, 0.6) is 5.75 Å². The standard InChI is InChI=1S/C22H22N4O4/c1-29-18-8-4-2-6-15(18)17-10-11-20(27)26(23-17)14-12-25(13-14)22(28)21-16-7-3-5-9-19(16)30-24-21/h2,4,6,8,10-11,14H,3,5,7,9,12-13H2,1H3. The fourth-order valence-electron chi connectivity index (χ4n) is 4.17. The van der Waals surface area contributed by atoms with Crippen molar-refractivity contribution in [2.45, 2.75) is 31.7 Å². The molecule has 1 aliphatic carbocycles. The Bertz CT molecular complexity index is 1160. The van der Waals surface area contributed by atoms with Gasteiger partial charge in [-0.15, -0.1) is 0 Å². The number of nitrogens with zero attached hydrogens (tertiary/aromatic N) is 4. The van der Waals surface area contributed by atoms with E-state index in [0.29, 0.717) is 30.2 Å². The van der Waals surface area contributed by atoms with Gasteiger partial charge in [-0.1, -0.05) is 17.3 Å². The summed E-state index contributed by atoms with van der Waals surface area (Å²) in [6.07, 6.45) is 3.79. The molecular formula is C22H22N4O4. The Kier molecular flexibility index (Phi) is 4.61. The van der Waals surface area contributed by atoms with E-state index >= 15 is 0 Å². The van der Waals surface area contributed by atoms with Gasteiger partial charge in [0.2, 0.25) is 0 Å². The van der Waals surface area contributed by atoms with Gasteiger partial charge < -0.3 is 14.2 Å². The van der Waals surface area contributed by atoms with Gasteiger partial charge in [0.05, 0.1) is 18.8 Å². The number of carbonyl (C=O) groups excluding carboxylic acids is 1. The monoisotopic (exact) mass is 406 g/mol. The van der Waals surface area contributed by atoms with Crippen molar-refractivity contribution in [1.29, 1.82) is 0 Å². The number of likely N-dealkylation sites (tertiary alicyclic amines) is 1. The Labute approximate surface area is 173 Å². The van der Waals surface area contributed by atoms with Gasteiger partial charge in [0.25, 0.3) is 11.5 Å². The first kappa shape index (κ1) is 18.6. The molecule has 8 nitrogen and oxygen atoms in total. The van der Waals surface area contributed by atoms with Crippen molar-refractivity contribution in [1.82, 2.24) is 19.8 Å². The number of aromatic nitrogens is 3. The van der Waals surface area contributed by atoms with Crippen LogP contribution < -0.4 is 10.3 Å². The number of amides is 1. The molecule has 2 aliphatic rings. The highest BCUT2D eigenvalue weighted by atomic mass is 16.5. The van der Waals surface area contributed by atoms with Crippen molar-refractivity contribution in [3.8, 4) is 17.0 Å². The summed E-state index contributed by atoms with van der Waals surface area (Å²) >= 11 is 0. The molecule has 1 fully saturated rings. The Morgan fingerprint density at radius 1 is 1.13 bits per heavy atom. The quantitative estimate of drug-likeness (QED) is 0.661. The summed E-state index contributed by atoms with van der Waals surface area (Å²) < 4.78 is 12.2. The average Bonchev–Trinajstić information content (AvgIpc) is 3.18. The molecule has 0 atom stereocenters. The Morgan fingerprint density at radius 3 is 2.77 bits per heavy atom. The third-order valence-electron chi connectivity index (χ3n) is 5.86. The molecule has 8 heteroatoms. The van der Waals surface area contributed by atoms with Crippen LogP contribution in [0.1, 0.15) is 40.7 Å². The van der Waals surface area contributed by atoms with Crippen LogP contribution in [0.4, 0.5) is 0 Å². The lowest BCUT2D eigenvalue weighted by molar-refractivity contribution is 0.0482. The van der Waals surface area contributed by atoms with Crippen molar-refractivity contribution in [3.63, 3.8) is 0 Å².